The van der Waals surface area contributed by atoms with Crippen molar-refractivity contribution in [1.82, 2.24) is 9.88 Å². The Labute approximate surface area is 256 Å². The van der Waals surface area contributed by atoms with Crippen molar-refractivity contribution in [2.75, 3.05) is 25.0 Å². The third-order valence-corrected chi connectivity index (χ3v) is 9.30. The fourth-order valence-electron chi connectivity index (χ4n) is 6.24. The Balaban J connectivity index is 1.13. The highest BCUT2D eigenvalue weighted by Gasteiger charge is 2.22. The summed E-state index contributed by atoms with van der Waals surface area (Å²) in [6.07, 6.45) is 4.51. The maximum atomic E-state index is 12.2. The maximum Gasteiger partial charge on any atom is 0.226 e. The van der Waals surface area contributed by atoms with E-state index in [2.05, 4.69) is 117 Å². The van der Waals surface area contributed by atoms with Crippen molar-refractivity contribution in [1.29, 1.82) is 0 Å². The molecule has 4 nitrogen and oxygen atoms in total. The first-order valence-corrected chi connectivity index (χ1v) is 16.0. The van der Waals surface area contributed by atoms with E-state index in [0.717, 1.165) is 51.0 Å². The lowest BCUT2D eigenvalue weighted by molar-refractivity contribution is -0.118. The second kappa shape index (κ2) is 12.4. The van der Waals surface area contributed by atoms with Gasteiger partial charge in [-0.05, 0) is 120 Å². The Kier molecular flexibility index (Phi) is 8.45. The average Bonchev–Trinajstić information content (AvgIpc) is 3.37. The van der Waals surface area contributed by atoms with Gasteiger partial charge < -0.3 is 15.2 Å². The smallest absolute Gasteiger partial charge is 0.226 e. The summed E-state index contributed by atoms with van der Waals surface area (Å²) in [7, 11) is 0. The van der Waals surface area contributed by atoms with Crippen LogP contribution in [0.1, 0.15) is 50.2 Å². The van der Waals surface area contributed by atoms with Crippen molar-refractivity contribution in [2.45, 2.75) is 45.4 Å². The van der Waals surface area contributed by atoms with E-state index in [-0.39, 0.29) is 11.8 Å². The predicted molar refractivity (Wildman–Crippen MR) is 181 cm³/mol. The van der Waals surface area contributed by atoms with Gasteiger partial charge in [-0.15, -0.1) is 0 Å². The van der Waals surface area contributed by atoms with Crippen molar-refractivity contribution in [3.8, 4) is 11.3 Å². The van der Waals surface area contributed by atoms with E-state index in [0.29, 0.717) is 5.92 Å². The molecular formula is C36H38IN3O. The minimum atomic E-state index is -0.0156. The van der Waals surface area contributed by atoms with Crippen LogP contribution in [0, 0.1) is 9.49 Å². The van der Waals surface area contributed by atoms with E-state index in [9.17, 15) is 4.79 Å². The number of nitrogens with zero attached hydrogens (tertiary/aromatic N) is 1. The van der Waals surface area contributed by atoms with Gasteiger partial charge >= 0.3 is 0 Å². The van der Waals surface area contributed by atoms with Gasteiger partial charge in [-0.25, -0.2) is 0 Å². The van der Waals surface area contributed by atoms with Gasteiger partial charge in [0.25, 0.3) is 0 Å². The van der Waals surface area contributed by atoms with Crippen LogP contribution in [0.4, 0.5) is 5.69 Å². The van der Waals surface area contributed by atoms with Gasteiger partial charge in [0.1, 0.15) is 0 Å². The third kappa shape index (κ3) is 6.21. The number of aromatic nitrogens is 1. The summed E-state index contributed by atoms with van der Waals surface area (Å²) >= 11 is 2.38. The van der Waals surface area contributed by atoms with E-state index in [1.165, 1.54) is 47.6 Å². The second-order valence-electron chi connectivity index (χ2n) is 11.7. The summed E-state index contributed by atoms with van der Waals surface area (Å²) in [5.74, 6) is 0.611. The minimum absolute atomic E-state index is 0.0156. The molecule has 0 saturated carbocycles. The zero-order chi connectivity index (χ0) is 28.3. The van der Waals surface area contributed by atoms with Gasteiger partial charge in [0, 0.05) is 31.6 Å². The topological polar surface area (TPSA) is 48.1 Å². The van der Waals surface area contributed by atoms with E-state index >= 15 is 0 Å². The van der Waals surface area contributed by atoms with Gasteiger partial charge in [0.15, 0.2) is 0 Å². The number of piperidine rings is 1. The highest BCUT2D eigenvalue weighted by atomic mass is 127. The molecule has 0 radical (unpaired) electrons. The minimum Gasteiger partial charge on any atom is -0.354 e. The van der Waals surface area contributed by atoms with Gasteiger partial charge in [-0.2, -0.15) is 0 Å². The number of amides is 1. The quantitative estimate of drug-likeness (QED) is 0.164. The monoisotopic (exact) mass is 655 g/mol. The molecule has 0 aliphatic carbocycles. The molecule has 2 N–H and O–H groups in total. The first kappa shape index (κ1) is 28.0. The Hall–Kier alpha value is -3.16. The van der Waals surface area contributed by atoms with Crippen LogP contribution < -0.4 is 5.32 Å². The molecule has 2 heterocycles. The van der Waals surface area contributed by atoms with Crippen LogP contribution in [0.5, 0.6) is 0 Å². The second-order valence-corrected chi connectivity index (χ2v) is 12.9. The molecule has 4 aromatic carbocycles. The highest BCUT2D eigenvalue weighted by Crippen LogP contribution is 2.36. The number of fused-ring (bicyclic) bond motifs is 3. The van der Waals surface area contributed by atoms with Crippen molar-refractivity contribution in [3.05, 3.63) is 99.6 Å². The van der Waals surface area contributed by atoms with Crippen LogP contribution in [0.25, 0.3) is 32.9 Å². The van der Waals surface area contributed by atoms with E-state index in [1.54, 1.807) is 0 Å². The van der Waals surface area contributed by atoms with Crippen LogP contribution in [-0.2, 0) is 11.2 Å². The molecule has 0 unspecified atom stereocenters. The summed E-state index contributed by atoms with van der Waals surface area (Å²) in [5, 5.41) is 6.97. The number of carbonyl (C=O) groups excluding carboxylic acids is 1. The molecule has 1 aromatic heterocycles. The molecule has 210 valence electrons. The summed E-state index contributed by atoms with van der Waals surface area (Å²) < 4.78 is 1.25. The molecule has 5 heteroatoms. The number of benzene rings is 4. The van der Waals surface area contributed by atoms with Crippen molar-refractivity contribution in [2.24, 2.45) is 5.92 Å². The average molecular weight is 656 g/mol. The zero-order valence-electron chi connectivity index (χ0n) is 23.9. The molecule has 1 aliphatic rings. The largest absolute Gasteiger partial charge is 0.354 e. The highest BCUT2D eigenvalue weighted by molar-refractivity contribution is 14.1. The van der Waals surface area contributed by atoms with Crippen molar-refractivity contribution < 1.29 is 4.79 Å². The summed E-state index contributed by atoms with van der Waals surface area (Å²) in [5.41, 5.74) is 7.46. The summed E-state index contributed by atoms with van der Waals surface area (Å²) in [4.78, 5) is 18.6. The molecule has 1 amide bonds. The van der Waals surface area contributed by atoms with Crippen LogP contribution in [-0.4, -0.2) is 35.4 Å². The standard InChI is InChI=1S/C36H38IN3O/c1-24(2)36(41)38-30-9-5-8-28(23-30)25-18-21-40(22-19-25)20-6-11-32-33-17-14-26-7-3-4-10-31(26)35(33)39-34(32)27-12-15-29(37)16-13-27/h3-5,7-10,12-17,23-25,39H,6,11,18-22H2,1-2H3,(H,38,41). The normalized spacial score (nSPS) is 14.7. The lowest BCUT2D eigenvalue weighted by Gasteiger charge is -2.32. The van der Waals surface area contributed by atoms with Gasteiger partial charge in [0.05, 0.1) is 5.52 Å². The molecule has 1 aliphatic heterocycles. The first-order valence-electron chi connectivity index (χ1n) is 14.9. The number of carbonyl (C=O) groups is 1. The SMILES string of the molecule is CC(C)C(=O)Nc1cccc(C2CCN(CCCc3c(-c4ccc(I)cc4)[nH]c4c3ccc3ccccc34)CC2)c1. The Bertz CT molecular complexity index is 1660. The Morgan fingerprint density at radius 2 is 1.73 bits per heavy atom. The summed E-state index contributed by atoms with van der Waals surface area (Å²) in [6, 6.07) is 30.6. The van der Waals surface area contributed by atoms with Crippen LogP contribution in [0.3, 0.4) is 0 Å². The molecule has 6 rings (SSSR count). The number of nitrogens with one attached hydrogen (secondary N) is 2. The molecule has 41 heavy (non-hydrogen) atoms. The van der Waals surface area contributed by atoms with E-state index in [4.69, 9.17) is 0 Å². The first-order chi connectivity index (χ1) is 20.0. The molecule has 0 spiro atoms. The van der Waals surface area contributed by atoms with Gasteiger partial charge in [-0.1, -0.05) is 74.5 Å². The molecular weight excluding hydrogens is 617 g/mol. The number of rotatable bonds is 8. The number of hydrogen-bond acceptors (Lipinski definition) is 2. The molecule has 0 bridgehead atoms. The Morgan fingerprint density at radius 1 is 0.951 bits per heavy atom. The van der Waals surface area contributed by atoms with E-state index in [1.807, 2.05) is 19.9 Å². The van der Waals surface area contributed by atoms with Crippen molar-refractivity contribution in [3.63, 3.8) is 0 Å². The van der Waals surface area contributed by atoms with Crippen molar-refractivity contribution >= 4 is 55.9 Å². The predicted octanol–water partition coefficient (Wildman–Crippen LogP) is 9.00. The number of H-pyrrole nitrogens is 1. The zero-order valence-corrected chi connectivity index (χ0v) is 26.1. The van der Waals surface area contributed by atoms with Crippen LogP contribution in [0.15, 0.2) is 84.9 Å². The van der Waals surface area contributed by atoms with Gasteiger partial charge in [0.2, 0.25) is 5.91 Å². The molecule has 5 aromatic rings. The molecule has 1 fully saturated rings. The summed E-state index contributed by atoms with van der Waals surface area (Å²) in [6.45, 7) is 7.21. The van der Waals surface area contributed by atoms with Crippen LogP contribution >= 0.6 is 22.6 Å². The number of hydrogen-bond donors (Lipinski definition) is 2. The lowest BCUT2D eigenvalue weighted by Crippen LogP contribution is -2.33. The number of aromatic amines is 1. The number of halogens is 1. The fourth-order valence-corrected chi connectivity index (χ4v) is 6.60. The molecule has 0 atom stereocenters. The van der Waals surface area contributed by atoms with Gasteiger partial charge in [-0.3, -0.25) is 4.79 Å². The van der Waals surface area contributed by atoms with Crippen LogP contribution in [0.2, 0.25) is 0 Å². The number of likely N-dealkylation sites (tertiary alicyclic amines) is 1. The number of anilines is 1. The number of aryl methyl sites for hydroxylation is 1. The Morgan fingerprint density at radius 3 is 2.51 bits per heavy atom. The third-order valence-electron chi connectivity index (χ3n) is 8.58. The maximum absolute atomic E-state index is 12.2. The lowest BCUT2D eigenvalue weighted by atomic mass is 9.89. The van der Waals surface area contributed by atoms with E-state index < -0.39 is 0 Å². The molecule has 1 saturated heterocycles. The fraction of sp³-hybridized carbons (Fsp3) is 0.306.